The number of ether oxygens (including phenoxy) is 1. The molecule has 106 valence electrons. The normalized spacial score (nSPS) is 16.9. The number of hydrogen-bond donors (Lipinski definition) is 3. The molecule has 5 heteroatoms. The van der Waals surface area contributed by atoms with Gasteiger partial charge >= 0.3 is 0 Å². The van der Waals surface area contributed by atoms with Gasteiger partial charge in [0.25, 0.3) is 5.91 Å². The third kappa shape index (κ3) is 2.25. The Balaban J connectivity index is 1.72. The average molecular weight is 273 g/mol. The number of nitrogens with two attached hydrogens (primary N) is 1. The summed E-state index contributed by atoms with van der Waals surface area (Å²) in [6, 6.07) is 7.37. The van der Waals surface area contributed by atoms with Crippen molar-refractivity contribution in [3.63, 3.8) is 0 Å². The van der Waals surface area contributed by atoms with Crippen molar-refractivity contribution < 1.29 is 9.53 Å². The van der Waals surface area contributed by atoms with Crippen molar-refractivity contribution in [3.8, 4) is 0 Å². The maximum Gasteiger partial charge on any atom is 0.267 e. The molecule has 0 atom stereocenters. The number of rotatable bonds is 4. The van der Waals surface area contributed by atoms with Crippen LogP contribution in [0.25, 0.3) is 10.9 Å². The van der Waals surface area contributed by atoms with Crippen LogP contribution in [0.3, 0.4) is 0 Å². The number of benzene rings is 1. The van der Waals surface area contributed by atoms with E-state index in [4.69, 9.17) is 10.5 Å². The average Bonchev–Trinajstić information content (AvgIpc) is 2.80. The molecular weight excluding hydrogens is 254 g/mol. The molecule has 0 radical (unpaired) electrons. The lowest BCUT2D eigenvalue weighted by molar-refractivity contribution is -0.0679. The fraction of sp³-hybridized carbons (Fsp3) is 0.400. The Labute approximate surface area is 117 Å². The second-order valence-electron chi connectivity index (χ2n) is 5.45. The van der Waals surface area contributed by atoms with Gasteiger partial charge < -0.3 is 20.8 Å². The SMILES string of the molecule is COC1(CNC(=O)c2cc3cc(N)ccc3[nH]2)CCC1. The molecule has 2 aromatic rings. The summed E-state index contributed by atoms with van der Waals surface area (Å²) < 4.78 is 5.49. The van der Waals surface area contributed by atoms with Crippen LogP contribution in [0.1, 0.15) is 29.8 Å². The van der Waals surface area contributed by atoms with Crippen LogP contribution in [0, 0.1) is 0 Å². The molecule has 1 saturated carbocycles. The highest BCUT2D eigenvalue weighted by atomic mass is 16.5. The zero-order valence-electron chi connectivity index (χ0n) is 11.5. The molecular formula is C15H19N3O2. The zero-order chi connectivity index (χ0) is 14.2. The summed E-state index contributed by atoms with van der Waals surface area (Å²) in [5.41, 5.74) is 7.73. The van der Waals surface area contributed by atoms with Crippen molar-refractivity contribution in [2.45, 2.75) is 24.9 Å². The number of amides is 1. The molecule has 3 rings (SSSR count). The molecule has 0 saturated heterocycles. The first kappa shape index (κ1) is 13.0. The number of anilines is 1. The molecule has 1 aromatic carbocycles. The fourth-order valence-electron chi connectivity index (χ4n) is 2.63. The van der Waals surface area contributed by atoms with Crippen molar-refractivity contribution in [3.05, 3.63) is 30.0 Å². The summed E-state index contributed by atoms with van der Waals surface area (Å²) in [5.74, 6) is -0.108. The lowest BCUT2D eigenvalue weighted by Gasteiger charge is -2.40. The van der Waals surface area contributed by atoms with Crippen LogP contribution >= 0.6 is 0 Å². The minimum Gasteiger partial charge on any atom is -0.399 e. The molecule has 0 bridgehead atoms. The third-order valence-corrected chi connectivity index (χ3v) is 4.16. The van der Waals surface area contributed by atoms with Crippen LogP contribution in [0.4, 0.5) is 5.69 Å². The molecule has 1 heterocycles. The monoisotopic (exact) mass is 273 g/mol. The van der Waals surface area contributed by atoms with E-state index < -0.39 is 0 Å². The lowest BCUT2D eigenvalue weighted by atomic mass is 9.80. The van der Waals surface area contributed by atoms with Gasteiger partial charge in [-0.3, -0.25) is 4.79 Å². The Morgan fingerprint density at radius 1 is 1.45 bits per heavy atom. The number of carbonyl (C=O) groups excluding carboxylic acids is 1. The van der Waals surface area contributed by atoms with Gasteiger partial charge in [-0.1, -0.05) is 0 Å². The van der Waals surface area contributed by atoms with Gasteiger partial charge in [-0.25, -0.2) is 0 Å². The van der Waals surface area contributed by atoms with E-state index in [1.807, 2.05) is 24.3 Å². The summed E-state index contributed by atoms with van der Waals surface area (Å²) in [6.07, 6.45) is 3.18. The van der Waals surface area contributed by atoms with Gasteiger partial charge in [-0.2, -0.15) is 0 Å². The van der Waals surface area contributed by atoms with Gasteiger partial charge in [0.05, 0.1) is 5.60 Å². The summed E-state index contributed by atoms with van der Waals surface area (Å²) in [5, 5.41) is 3.89. The van der Waals surface area contributed by atoms with Crippen molar-refractivity contribution in [1.82, 2.24) is 10.3 Å². The van der Waals surface area contributed by atoms with Crippen LogP contribution in [0.2, 0.25) is 0 Å². The van der Waals surface area contributed by atoms with Crippen LogP contribution < -0.4 is 11.1 Å². The fourth-order valence-corrected chi connectivity index (χ4v) is 2.63. The molecule has 1 amide bonds. The molecule has 1 aromatic heterocycles. The number of nitrogens with one attached hydrogen (secondary N) is 2. The van der Waals surface area contributed by atoms with Gasteiger partial charge in [0.1, 0.15) is 5.69 Å². The summed E-state index contributed by atoms with van der Waals surface area (Å²) in [7, 11) is 1.71. The Morgan fingerprint density at radius 2 is 2.25 bits per heavy atom. The number of aromatic nitrogens is 1. The van der Waals surface area contributed by atoms with E-state index >= 15 is 0 Å². The smallest absolute Gasteiger partial charge is 0.267 e. The summed E-state index contributed by atoms with van der Waals surface area (Å²) in [6.45, 7) is 0.555. The number of nitrogen functional groups attached to an aromatic ring is 1. The minimum atomic E-state index is -0.161. The van der Waals surface area contributed by atoms with Gasteiger partial charge in [0, 0.05) is 30.2 Å². The number of methoxy groups -OCH3 is 1. The van der Waals surface area contributed by atoms with Crippen LogP contribution in [0.15, 0.2) is 24.3 Å². The number of fused-ring (bicyclic) bond motifs is 1. The van der Waals surface area contributed by atoms with Crippen molar-refractivity contribution in [2.75, 3.05) is 19.4 Å². The second-order valence-corrected chi connectivity index (χ2v) is 5.45. The van der Waals surface area contributed by atoms with E-state index in [1.165, 1.54) is 0 Å². The molecule has 0 aliphatic heterocycles. The molecule has 5 nitrogen and oxygen atoms in total. The highest BCUT2D eigenvalue weighted by Gasteiger charge is 2.37. The molecule has 1 fully saturated rings. The third-order valence-electron chi connectivity index (χ3n) is 4.16. The number of H-pyrrole nitrogens is 1. The maximum absolute atomic E-state index is 12.2. The van der Waals surface area contributed by atoms with Gasteiger partial charge in [-0.05, 0) is 43.5 Å². The molecule has 20 heavy (non-hydrogen) atoms. The highest BCUT2D eigenvalue weighted by molar-refractivity contribution is 5.98. The first-order chi connectivity index (χ1) is 9.62. The topological polar surface area (TPSA) is 80.1 Å². The standard InChI is InChI=1S/C15H19N3O2/c1-20-15(5-2-6-15)9-17-14(19)13-8-10-7-11(16)3-4-12(10)18-13/h3-4,7-8,18H,2,5-6,9,16H2,1H3,(H,17,19). The van der Waals surface area contributed by atoms with Crippen molar-refractivity contribution in [1.29, 1.82) is 0 Å². The van der Waals surface area contributed by atoms with E-state index in [0.717, 1.165) is 30.2 Å². The minimum absolute atomic E-state index is 0.108. The van der Waals surface area contributed by atoms with E-state index in [-0.39, 0.29) is 11.5 Å². The van der Waals surface area contributed by atoms with E-state index in [2.05, 4.69) is 10.3 Å². The molecule has 0 spiro atoms. The van der Waals surface area contributed by atoms with E-state index in [0.29, 0.717) is 17.9 Å². The maximum atomic E-state index is 12.2. The largest absolute Gasteiger partial charge is 0.399 e. The van der Waals surface area contributed by atoms with Crippen LogP contribution in [-0.4, -0.2) is 30.1 Å². The second kappa shape index (κ2) is 4.83. The number of carbonyl (C=O) groups is 1. The zero-order valence-corrected chi connectivity index (χ0v) is 11.5. The van der Waals surface area contributed by atoms with Crippen LogP contribution in [0.5, 0.6) is 0 Å². The molecule has 0 unspecified atom stereocenters. The predicted octanol–water partition coefficient (Wildman–Crippen LogP) is 2.05. The molecule has 1 aliphatic rings. The number of aromatic amines is 1. The summed E-state index contributed by atoms with van der Waals surface area (Å²) in [4.78, 5) is 15.3. The molecule has 4 N–H and O–H groups in total. The summed E-state index contributed by atoms with van der Waals surface area (Å²) >= 11 is 0. The van der Waals surface area contributed by atoms with Gasteiger partial charge in [0.15, 0.2) is 0 Å². The Kier molecular flexibility index (Phi) is 3.14. The van der Waals surface area contributed by atoms with Gasteiger partial charge in [0.2, 0.25) is 0 Å². The van der Waals surface area contributed by atoms with E-state index in [9.17, 15) is 4.79 Å². The Hall–Kier alpha value is -2.01. The first-order valence-electron chi connectivity index (χ1n) is 6.83. The molecule has 1 aliphatic carbocycles. The Bertz CT molecular complexity index is 638. The lowest BCUT2D eigenvalue weighted by Crippen LogP contribution is -2.49. The quantitative estimate of drug-likeness (QED) is 0.746. The van der Waals surface area contributed by atoms with Gasteiger partial charge in [-0.15, -0.1) is 0 Å². The van der Waals surface area contributed by atoms with Crippen LogP contribution in [-0.2, 0) is 4.74 Å². The first-order valence-corrected chi connectivity index (χ1v) is 6.83. The highest BCUT2D eigenvalue weighted by Crippen LogP contribution is 2.34. The Morgan fingerprint density at radius 3 is 2.90 bits per heavy atom. The van der Waals surface area contributed by atoms with Crippen molar-refractivity contribution in [2.24, 2.45) is 0 Å². The predicted molar refractivity (Wildman–Crippen MR) is 78.6 cm³/mol. The van der Waals surface area contributed by atoms with E-state index in [1.54, 1.807) is 7.11 Å². The van der Waals surface area contributed by atoms with Crippen molar-refractivity contribution >= 4 is 22.5 Å². The number of hydrogen-bond acceptors (Lipinski definition) is 3.